The summed E-state index contributed by atoms with van der Waals surface area (Å²) in [7, 11) is 3.46. The summed E-state index contributed by atoms with van der Waals surface area (Å²) in [5.74, 6) is -0.00491. The summed E-state index contributed by atoms with van der Waals surface area (Å²) in [4.78, 5) is 12.9. The molecule has 0 N–H and O–H groups in total. The van der Waals surface area contributed by atoms with Gasteiger partial charge in [-0.15, -0.1) is 0 Å². The first-order valence-corrected chi connectivity index (χ1v) is 3.89. The molecule has 0 bridgehead atoms. The lowest BCUT2D eigenvalue weighted by Crippen LogP contribution is -2.21. The van der Waals surface area contributed by atoms with Crippen LogP contribution >= 0.6 is 0 Å². The van der Waals surface area contributed by atoms with Crippen molar-refractivity contribution in [1.29, 1.82) is 0 Å². The fourth-order valence-electron chi connectivity index (χ4n) is 0.905. The number of carbonyl (C=O) groups excluding carboxylic acids is 1. The number of rotatable bonds is 2. The van der Waals surface area contributed by atoms with Gasteiger partial charge >= 0.3 is 0 Å². The molecule has 0 unspecified atom stereocenters. The quantitative estimate of drug-likeness (QED) is 0.647. The van der Waals surface area contributed by atoms with Gasteiger partial charge in [-0.1, -0.05) is 0 Å². The van der Waals surface area contributed by atoms with E-state index in [0.717, 1.165) is 6.54 Å². The minimum absolute atomic E-state index is 0.00491. The number of aryl methyl sites for hydroxylation is 1. The monoisotopic (exact) mass is 167 g/mol. The molecular weight excluding hydrogens is 154 g/mol. The summed E-state index contributed by atoms with van der Waals surface area (Å²) in [6.45, 7) is 2.78. The molecule has 0 aromatic carbocycles. The van der Waals surface area contributed by atoms with Crippen LogP contribution in [0.1, 0.15) is 17.3 Å². The van der Waals surface area contributed by atoms with E-state index in [1.807, 2.05) is 6.92 Å². The normalized spacial score (nSPS) is 9.92. The third kappa shape index (κ3) is 1.64. The van der Waals surface area contributed by atoms with E-state index < -0.39 is 0 Å². The van der Waals surface area contributed by atoms with Crippen LogP contribution in [0.4, 0.5) is 0 Å². The van der Waals surface area contributed by atoms with Crippen LogP contribution in [0.15, 0.2) is 12.4 Å². The minimum atomic E-state index is -0.00491. The molecule has 0 radical (unpaired) electrons. The van der Waals surface area contributed by atoms with Gasteiger partial charge in [0.05, 0.1) is 11.8 Å². The lowest BCUT2D eigenvalue weighted by Gasteiger charge is -2.06. The molecule has 0 atom stereocenters. The molecule has 0 spiro atoms. The Morgan fingerprint density at radius 3 is 2.75 bits per heavy atom. The van der Waals surface area contributed by atoms with E-state index >= 15 is 0 Å². The topological polar surface area (TPSA) is 38.1 Å². The minimum Gasteiger partial charge on any atom is -0.345 e. The maximum Gasteiger partial charge on any atom is 0.256 e. The Bertz CT molecular complexity index is 278. The van der Waals surface area contributed by atoms with E-state index in [-0.39, 0.29) is 5.91 Å². The van der Waals surface area contributed by atoms with E-state index in [4.69, 9.17) is 0 Å². The molecule has 0 aliphatic heterocycles. The number of hydrogen-bond acceptors (Lipinski definition) is 2. The van der Waals surface area contributed by atoms with Gasteiger partial charge in [-0.05, 0) is 6.92 Å². The van der Waals surface area contributed by atoms with E-state index in [1.54, 1.807) is 31.2 Å². The average Bonchev–Trinajstić information content (AvgIpc) is 2.50. The fraction of sp³-hybridized carbons (Fsp3) is 0.500. The van der Waals surface area contributed by atoms with Crippen molar-refractivity contribution >= 4 is 5.91 Å². The van der Waals surface area contributed by atoms with Gasteiger partial charge in [0, 0.05) is 26.8 Å². The van der Waals surface area contributed by atoms with Crippen LogP contribution in [0.25, 0.3) is 0 Å². The first kappa shape index (κ1) is 8.77. The molecule has 0 saturated carbocycles. The Hall–Kier alpha value is -1.32. The second kappa shape index (κ2) is 3.38. The number of aromatic nitrogens is 2. The highest BCUT2D eigenvalue weighted by atomic mass is 16.2. The van der Waals surface area contributed by atoms with Crippen LogP contribution in [0.3, 0.4) is 0 Å². The lowest BCUT2D eigenvalue weighted by atomic mass is 10.3. The molecule has 0 aliphatic rings. The SMILES string of the molecule is CCn1cc(C(=O)N(C)C)cn1. The summed E-state index contributed by atoms with van der Waals surface area (Å²) < 4.78 is 1.73. The molecule has 0 fully saturated rings. The van der Waals surface area contributed by atoms with Crippen molar-refractivity contribution in [1.82, 2.24) is 14.7 Å². The molecule has 1 aromatic rings. The van der Waals surface area contributed by atoms with Gasteiger partial charge in [-0.3, -0.25) is 9.48 Å². The van der Waals surface area contributed by atoms with Crippen LogP contribution in [0.5, 0.6) is 0 Å². The van der Waals surface area contributed by atoms with Gasteiger partial charge in [-0.2, -0.15) is 5.10 Å². The predicted molar refractivity (Wildman–Crippen MR) is 45.9 cm³/mol. The number of nitrogens with zero attached hydrogens (tertiary/aromatic N) is 3. The van der Waals surface area contributed by atoms with Crippen LogP contribution in [-0.4, -0.2) is 34.7 Å². The summed E-state index contributed by atoms with van der Waals surface area (Å²) in [6.07, 6.45) is 3.34. The zero-order valence-corrected chi connectivity index (χ0v) is 7.61. The maximum atomic E-state index is 11.3. The number of amides is 1. The number of carbonyl (C=O) groups is 1. The summed E-state index contributed by atoms with van der Waals surface area (Å²) in [5, 5.41) is 4.01. The second-order valence-corrected chi connectivity index (χ2v) is 2.78. The first-order chi connectivity index (χ1) is 5.65. The Morgan fingerprint density at radius 1 is 1.67 bits per heavy atom. The largest absolute Gasteiger partial charge is 0.345 e. The molecule has 0 saturated heterocycles. The molecule has 0 aliphatic carbocycles. The van der Waals surface area contributed by atoms with Crippen molar-refractivity contribution in [2.24, 2.45) is 0 Å². The average molecular weight is 167 g/mol. The van der Waals surface area contributed by atoms with Crippen molar-refractivity contribution in [3.05, 3.63) is 18.0 Å². The highest BCUT2D eigenvalue weighted by Gasteiger charge is 2.09. The molecule has 12 heavy (non-hydrogen) atoms. The van der Waals surface area contributed by atoms with Crippen molar-refractivity contribution in [2.45, 2.75) is 13.5 Å². The van der Waals surface area contributed by atoms with E-state index in [2.05, 4.69) is 5.10 Å². The Balaban J connectivity index is 2.82. The highest BCUT2D eigenvalue weighted by Crippen LogP contribution is 2.00. The van der Waals surface area contributed by atoms with Gasteiger partial charge in [-0.25, -0.2) is 0 Å². The highest BCUT2D eigenvalue weighted by molar-refractivity contribution is 5.93. The first-order valence-electron chi connectivity index (χ1n) is 3.89. The van der Waals surface area contributed by atoms with Crippen molar-refractivity contribution in [2.75, 3.05) is 14.1 Å². The molecule has 66 valence electrons. The van der Waals surface area contributed by atoms with Gasteiger partial charge < -0.3 is 4.90 Å². The van der Waals surface area contributed by atoms with Gasteiger partial charge in [0.1, 0.15) is 0 Å². The lowest BCUT2D eigenvalue weighted by molar-refractivity contribution is 0.0827. The molecular formula is C8H13N3O. The van der Waals surface area contributed by atoms with Crippen LogP contribution in [0, 0.1) is 0 Å². The van der Waals surface area contributed by atoms with Crippen molar-refractivity contribution < 1.29 is 4.79 Å². The van der Waals surface area contributed by atoms with Crippen LogP contribution in [0.2, 0.25) is 0 Å². The fourth-order valence-corrected chi connectivity index (χ4v) is 0.905. The smallest absolute Gasteiger partial charge is 0.256 e. The van der Waals surface area contributed by atoms with Crippen LogP contribution < -0.4 is 0 Å². The summed E-state index contributed by atoms with van der Waals surface area (Å²) >= 11 is 0. The van der Waals surface area contributed by atoms with Gasteiger partial charge in [0.25, 0.3) is 5.91 Å². The molecule has 4 heteroatoms. The molecule has 4 nitrogen and oxygen atoms in total. The van der Waals surface area contributed by atoms with E-state index in [1.165, 1.54) is 4.90 Å². The van der Waals surface area contributed by atoms with Crippen LogP contribution in [-0.2, 0) is 6.54 Å². The molecule has 1 aromatic heterocycles. The summed E-state index contributed by atoms with van der Waals surface area (Å²) in [6, 6.07) is 0. The summed E-state index contributed by atoms with van der Waals surface area (Å²) in [5.41, 5.74) is 0.641. The Morgan fingerprint density at radius 2 is 2.33 bits per heavy atom. The van der Waals surface area contributed by atoms with Crippen molar-refractivity contribution in [3.8, 4) is 0 Å². The van der Waals surface area contributed by atoms with Gasteiger partial charge in [0.15, 0.2) is 0 Å². The van der Waals surface area contributed by atoms with E-state index in [9.17, 15) is 4.79 Å². The molecule has 1 amide bonds. The Kier molecular flexibility index (Phi) is 2.47. The predicted octanol–water partition coefficient (Wildman–Crippen LogP) is 0.605. The third-order valence-electron chi connectivity index (χ3n) is 1.61. The van der Waals surface area contributed by atoms with Gasteiger partial charge in [0.2, 0.25) is 0 Å². The Labute approximate surface area is 71.8 Å². The second-order valence-electron chi connectivity index (χ2n) is 2.78. The third-order valence-corrected chi connectivity index (χ3v) is 1.61. The zero-order valence-electron chi connectivity index (χ0n) is 7.61. The maximum absolute atomic E-state index is 11.3. The van der Waals surface area contributed by atoms with Crippen molar-refractivity contribution in [3.63, 3.8) is 0 Å². The standard InChI is InChI=1S/C8H13N3O/c1-4-11-6-7(5-9-11)8(12)10(2)3/h5-6H,4H2,1-3H3. The number of hydrogen-bond donors (Lipinski definition) is 0. The molecule has 1 rings (SSSR count). The van der Waals surface area contributed by atoms with E-state index in [0.29, 0.717) is 5.56 Å². The zero-order chi connectivity index (χ0) is 9.14. The molecule has 1 heterocycles.